The molecule has 2 aromatic heterocycles. The van der Waals surface area contributed by atoms with E-state index in [-0.39, 0.29) is 5.69 Å². The highest BCUT2D eigenvalue weighted by Gasteiger charge is 2.10. The van der Waals surface area contributed by atoms with E-state index < -0.39 is 0 Å². The molecule has 0 aromatic carbocycles. The maximum atomic E-state index is 11.4. The second-order valence-corrected chi connectivity index (χ2v) is 4.37. The van der Waals surface area contributed by atoms with Crippen molar-refractivity contribution >= 4 is 5.65 Å². The SMILES string of the molecule is CCCC(Cc1ccc2n[nH]c(=O)n2n1)NCC. The molecule has 0 saturated carbocycles. The van der Waals surface area contributed by atoms with Gasteiger partial charge in [-0.1, -0.05) is 20.3 Å². The average Bonchev–Trinajstić information content (AvgIpc) is 2.72. The molecule has 0 aliphatic heterocycles. The van der Waals surface area contributed by atoms with Gasteiger partial charge in [0.2, 0.25) is 0 Å². The zero-order valence-electron chi connectivity index (χ0n) is 10.8. The summed E-state index contributed by atoms with van der Waals surface area (Å²) >= 11 is 0. The van der Waals surface area contributed by atoms with E-state index in [1.165, 1.54) is 4.52 Å². The number of likely N-dealkylation sites (N-methyl/N-ethyl adjacent to an activating group) is 1. The fourth-order valence-corrected chi connectivity index (χ4v) is 2.12. The molecule has 0 spiro atoms. The van der Waals surface area contributed by atoms with E-state index >= 15 is 0 Å². The van der Waals surface area contributed by atoms with Crippen LogP contribution in [0.1, 0.15) is 32.4 Å². The van der Waals surface area contributed by atoms with E-state index in [1.54, 1.807) is 0 Å². The van der Waals surface area contributed by atoms with E-state index in [4.69, 9.17) is 0 Å². The number of aromatic amines is 1. The van der Waals surface area contributed by atoms with Gasteiger partial charge in [-0.15, -0.1) is 0 Å². The van der Waals surface area contributed by atoms with Gasteiger partial charge < -0.3 is 5.32 Å². The number of hydrogen-bond acceptors (Lipinski definition) is 4. The highest BCUT2D eigenvalue weighted by Crippen LogP contribution is 2.06. The molecule has 0 radical (unpaired) electrons. The summed E-state index contributed by atoms with van der Waals surface area (Å²) in [6.07, 6.45) is 3.06. The fourth-order valence-electron chi connectivity index (χ4n) is 2.12. The Balaban J connectivity index is 2.19. The van der Waals surface area contributed by atoms with Crippen LogP contribution in [0.3, 0.4) is 0 Å². The van der Waals surface area contributed by atoms with Crippen molar-refractivity contribution in [1.29, 1.82) is 0 Å². The third-order valence-corrected chi connectivity index (χ3v) is 2.91. The van der Waals surface area contributed by atoms with Gasteiger partial charge in [-0.2, -0.15) is 14.7 Å². The lowest BCUT2D eigenvalue weighted by Gasteiger charge is -2.16. The molecule has 1 atom stereocenters. The van der Waals surface area contributed by atoms with Crippen molar-refractivity contribution in [2.45, 2.75) is 39.2 Å². The summed E-state index contributed by atoms with van der Waals surface area (Å²) in [6, 6.07) is 4.15. The third kappa shape index (κ3) is 2.76. The lowest BCUT2D eigenvalue weighted by molar-refractivity contribution is 0.479. The molecule has 1 unspecified atom stereocenters. The average molecular weight is 249 g/mol. The maximum Gasteiger partial charge on any atom is 0.364 e. The highest BCUT2D eigenvalue weighted by molar-refractivity contribution is 5.34. The minimum Gasteiger partial charge on any atom is -0.314 e. The molecule has 6 heteroatoms. The predicted octanol–water partition coefficient (Wildman–Crippen LogP) is 0.738. The van der Waals surface area contributed by atoms with Crippen molar-refractivity contribution in [3.8, 4) is 0 Å². The van der Waals surface area contributed by atoms with Crippen LogP contribution in [-0.4, -0.2) is 32.4 Å². The topological polar surface area (TPSA) is 75.1 Å². The van der Waals surface area contributed by atoms with Crippen LogP contribution in [0.5, 0.6) is 0 Å². The van der Waals surface area contributed by atoms with Gasteiger partial charge in [0, 0.05) is 12.5 Å². The molecule has 0 amide bonds. The number of H-pyrrole nitrogens is 1. The number of hydrogen-bond donors (Lipinski definition) is 2. The van der Waals surface area contributed by atoms with Gasteiger partial charge in [0.25, 0.3) is 0 Å². The van der Waals surface area contributed by atoms with Crippen molar-refractivity contribution in [2.24, 2.45) is 0 Å². The Bertz CT molecular complexity index is 553. The van der Waals surface area contributed by atoms with Crippen LogP contribution in [-0.2, 0) is 6.42 Å². The number of rotatable bonds is 6. The van der Waals surface area contributed by atoms with Gasteiger partial charge >= 0.3 is 5.69 Å². The Morgan fingerprint density at radius 3 is 3.00 bits per heavy atom. The standard InChI is InChI=1S/C12H19N5O/c1-3-5-9(13-4-2)8-10-6-7-11-14-15-12(18)17(11)16-10/h6-7,9,13H,3-5,8H2,1-2H3,(H,15,18). The van der Waals surface area contributed by atoms with E-state index in [2.05, 4.69) is 34.5 Å². The van der Waals surface area contributed by atoms with Crippen LogP contribution in [0.15, 0.2) is 16.9 Å². The van der Waals surface area contributed by atoms with E-state index in [0.29, 0.717) is 11.7 Å². The van der Waals surface area contributed by atoms with Crippen molar-refractivity contribution in [1.82, 2.24) is 25.1 Å². The Kier molecular flexibility index (Phi) is 4.09. The van der Waals surface area contributed by atoms with E-state index in [0.717, 1.165) is 31.5 Å². The van der Waals surface area contributed by atoms with Crippen LogP contribution in [0.2, 0.25) is 0 Å². The highest BCUT2D eigenvalue weighted by atomic mass is 16.2. The van der Waals surface area contributed by atoms with E-state index in [1.807, 2.05) is 12.1 Å². The fraction of sp³-hybridized carbons (Fsp3) is 0.583. The molecule has 0 bridgehead atoms. The van der Waals surface area contributed by atoms with Crippen LogP contribution < -0.4 is 11.0 Å². The van der Waals surface area contributed by atoms with Crippen molar-refractivity contribution in [3.05, 3.63) is 28.3 Å². The molecule has 0 aliphatic rings. The van der Waals surface area contributed by atoms with Crippen LogP contribution in [0.4, 0.5) is 0 Å². The lowest BCUT2D eigenvalue weighted by Crippen LogP contribution is -2.31. The lowest BCUT2D eigenvalue weighted by atomic mass is 10.1. The number of fused-ring (bicyclic) bond motifs is 1. The van der Waals surface area contributed by atoms with Crippen LogP contribution >= 0.6 is 0 Å². The van der Waals surface area contributed by atoms with Crippen molar-refractivity contribution in [2.75, 3.05) is 6.54 Å². The molecule has 2 heterocycles. The first-order chi connectivity index (χ1) is 8.74. The summed E-state index contributed by atoms with van der Waals surface area (Å²) in [5.41, 5.74) is 1.17. The van der Waals surface area contributed by atoms with Gasteiger partial charge in [0.05, 0.1) is 5.69 Å². The maximum absolute atomic E-state index is 11.4. The Hall–Kier alpha value is -1.69. The molecule has 0 saturated heterocycles. The molecule has 0 fully saturated rings. The molecule has 2 aromatic rings. The summed E-state index contributed by atoms with van der Waals surface area (Å²) in [5, 5.41) is 14.0. The zero-order valence-corrected chi connectivity index (χ0v) is 10.8. The summed E-state index contributed by atoms with van der Waals surface area (Å²) in [7, 11) is 0. The number of nitrogens with one attached hydrogen (secondary N) is 2. The molecular formula is C12H19N5O. The molecule has 6 nitrogen and oxygen atoms in total. The quantitative estimate of drug-likeness (QED) is 0.791. The van der Waals surface area contributed by atoms with Gasteiger partial charge in [-0.3, -0.25) is 0 Å². The number of aromatic nitrogens is 4. The van der Waals surface area contributed by atoms with Gasteiger partial charge in [-0.25, -0.2) is 9.89 Å². The van der Waals surface area contributed by atoms with Crippen LogP contribution in [0.25, 0.3) is 5.65 Å². The first-order valence-electron chi connectivity index (χ1n) is 6.41. The number of nitrogens with zero attached hydrogens (tertiary/aromatic N) is 3. The van der Waals surface area contributed by atoms with Gasteiger partial charge in [0.15, 0.2) is 5.65 Å². The third-order valence-electron chi connectivity index (χ3n) is 2.91. The molecule has 18 heavy (non-hydrogen) atoms. The van der Waals surface area contributed by atoms with Gasteiger partial charge in [0.1, 0.15) is 0 Å². The largest absolute Gasteiger partial charge is 0.364 e. The predicted molar refractivity (Wildman–Crippen MR) is 69.7 cm³/mol. The van der Waals surface area contributed by atoms with Crippen molar-refractivity contribution < 1.29 is 0 Å². The molecule has 98 valence electrons. The minimum atomic E-state index is -0.289. The summed E-state index contributed by atoms with van der Waals surface area (Å²) < 4.78 is 1.31. The minimum absolute atomic E-state index is 0.289. The Morgan fingerprint density at radius 1 is 1.44 bits per heavy atom. The molecule has 2 rings (SSSR count). The zero-order chi connectivity index (χ0) is 13.0. The summed E-state index contributed by atoms with van der Waals surface area (Å²) in [6.45, 7) is 5.21. The Morgan fingerprint density at radius 2 is 2.28 bits per heavy atom. The molecule has 2 N–H and O–H groups in total. The Labute approximate surface area is 105 Å². The van der Waals surface area contributed by atoms with E-state index in [9.17, 15) is 4.79 Å². The normalized spacial score (nSPS) is 13.0. The second kappa shape index (κ2) is 5.77. The molecular weight excluding hydrogens is 230 g/mol. The van der Waals surface area contributed by atoms with Crippen molar-refractivity contribution in [3.63, 3.8) is 0 Å². The smallest absolute Gasteiger partial charge is 0.314 e. The summed E-state index contributed by atoms with van der Waals surface area (Å²) in [5.74, 6) is 0. The van der Waals surface area contributed by atoms with Gasteiger partial charge in [-0.05, 0) is 25.1 Å². The second-order valence-electron chi connectivity index (χ2n) is 4.37. The molecule has 0 aliphatic carbocycles. The first kappa shape index (κ1) is 12.8. The summed E-state index contributed by atoms with van der Waals surface area (Å²) in [4.78, 5) is 11.4. The monoisotopic (exact) mass is 249 g/mol. The first-order valence-corrected chi connectivity index (χ1v) is 6.41. The van der Waals surface area contributed by atoms with Crippen LogP contribution in [0, 0.1) is 0 Å².